The third kappa shape index (κ3) is 2.34. The first-order chi connectivity index (χ1) is 11.2. The molecule has 0 aromatic carbocycles. The van der Waals surface area contributed by atoms with Gasteiger partial charge in [-0.05, 0) is 30.3 Å². The molecule has 4 rings (SSSR count). The Hall–Kier alpha value is -3.15. The summed E-state index contributed by atoms with van der Waals surface area (Å²) in [5.74, 6) is -0.373. The first-order valence-corrected chi connectivity index (χ1v) is 7.08. The molecule has 0 saturated carbocycles. The molecule has 0 spiro atoms. The van der Waals surface area contributed by atoms with Crippen molar-refractivity contribution in [3.05, 3.63) is 60.9 Å². The van der Waals surface area contributed by atoms with Crippen molar-refractivity contribution in [2.75, 3.05) is 0 Å². The highest BCUT2D eigenvalue weighted by atomic mass is 19.1. The molecule has 0 amide bonds. The zero-order chi connectivity index (χ0) is 15.8. The quantitative estimate of drug-likeness (QED) is 0.570. The van der Waals surface area contributed by atoms with Crippen LogP contribution in [0.2, 0.25) is 0 Å². The molecule has 0 saturated heterocycles. The van der Waals surface area contributed by atoms with Crippen LogP contribution in [0.1, 0.15) is 0 Å². The molecular weight excluding hydrogens is 293 g/mol. The van der Waals surface area contributed by atoms with Crippen molar-refractivity contribution < 1.29 is 4.39 Å². The summed E-state index contributed by atoms with van der Waals surface area (Å²) < 4.78 is 14.8. The van der Waals surface area contributed by atoms with Crippen LogP contribution in [0.3, 0.4) is 0 Å². The normalized spacial score (nSPS) is 11.0. The fourth-order valence-electron chi connectivity index (χ4n) is 2.59. The highest BCUT2D eigenvalue weighted by molar-refractivity contribution is 5.94. The maximum atomic E-state index is 13.1. The van der Waals surface area contributed by atoms with Gasteiger partial charge in [-0.15, -0.1) is 0 Å². The average Bonchev–Trinajstić information content (AvgIpc) is 2.96. The number of rotatable bonds is 2. The highest BCUT2D eigenvalue weighted by Crippen LogP contribution is 2.32. The molecule has 112 valence electrons. The van der Waals surface area contributed by atoms with Crippen LogP contribution in [-0.2, 0) is 7.05 Å². The van der Waals surface area contributed by atoms with Gasteiger partial charge in [0.2, 0.25) is 0 Å². The van der Waals surface area contributed by atoms with Crippen LogP contribution in [0.15, 0.2) is 55.1 Å². The standard InChI is InChI=1S/C17H12FN5/c1-23-10-13(17(22-23)15-5-4-11(18)9-21-15)12-6-8-19-14-3-2-7-20-16(12)14/h2-10H,1H3. The number of pyridine rings is 3. The SMILES string of the molecule is Cn1cc(-c2ccnc3cccnc23)c(-c2ccc(F)cn2)n1. The molecule has 4 aromatic rings. The summed E-state index contributed by atoms with van der Waals surface area (Å²) in [6.45, 7) is 0. The third-order valence-corrected chi connectivity index (χ3v) is 3.59. The van der Waals surface area contributed by atoms with Gasteiger partial charge in [0.1, 0.15) is 11.5 Å². The topological polar surface area (TPSA) is 56.5 Å². The van der Waals surface area contributed by atoms with Crippen molar-refractivity contribution in [2.24, 2.45) is 7.05 Å². The zero-order valence-corrected chi connectivity index (χ0v) is 12.3. The number of hydrogen-bond acceptors (Lipinski definition) is 4. The fraction of sp³-hybridized carbons (Fsp3) is 0.0588. The second-order valence-electron chi connectivity index (χ2n) is 5.16. The lowest BCUT2D eigenvalue weighted by molar-refractivity contribution is 0.621. The lowest BCUT2D eigenvalue weighted by Gasteiger charge is -2.05. The maximum Gasteiger partial charge on any atom is 0.141 e. The predicted octanol–water partition coefficient (Wildman–Crippen LogP) is 3.23. The summed E-state index contributed by atoms with van der Waals surface area (Å²) in [5.41, 5.74) is 4.72. The van der Waals surface area contributed by atoms with E-state index in [0.29, 0.717) is 11.4 Å². The summed E-state index contributed by atoms with van der Waals surface area (Å²) >= 11 is 0. The van der Waals surface area contributed by atoms with Crippen molar-refractivity contribution in [1.29, 1.82) is 0 Å². The Kier molecular flexibility index (Phi) is 3.08. The van der Waals surface area contributed by atoms with Crippen LogP contribution in [0, 0.1) is 5.82 Å². The lowest BCUT2D eigenvalue weighted by atomic mass is 10.0. The minimum atomic E-state index is -0.373. The Balaban J connectivity index is 1.97. The second kappa shape index (κ2) is 5.24. The predicted molar refractivity (Wildman–Crippen MR) is 84.9 cm³/mol. The molecular formula is C17H12FN5. The number of nitrogens with zero attached hydrogens (tertiary/aromatic N) is 5. The highest BCUT2D eigenvalue weighted by Gasteiger charge is 2.16. The Morgan fingerprint density at radius 2 is 1.87 bits per heavy atom. The molecule has 0 atom stereocenters. The van der Waals surface area contributed by atoms with Crippen molar-refractivity contribution in [3.8, 4) is 22.5 Å². The number of aryl methyl sites for hydroxylation is 1. The van der Waals surface area contributed by atoms with Crippen molar-refractivity contribution >= 4 is 11.0 Å². The van der Waals surface area contributed by atoms with E-state index in [1.165, 1.54) is 12.3 Å². The average molecular weight is 305 g/mol. The lowest BCUT2D eigenvalue weighted by Crippen LogP contribution is -1.91. The molecule has 0 N–H and O–H groups in total. The number of halogens is 1. The molecule has 4 aromatic heterocycles. The van der Waals surface area contributed by atoms with Crippen molar-refractivity contribution in [2.45, 2.75) is 0 Å². The molecule has 0 aliphatic carbocycles. The second-order valence-corrected chi connectivity index (χ2v) is 5.16. The molecule has 4 heterocycles. The van der Waals surface area contributed by atoms with Gasteiger partial charge in [-0.2, -0.15) is 5.10 Å². The Morgan fingerprint density at radius 3 is 2.70 bits per heavy atom. The smallest absolute Gasteiger partial charge is 0.141 e. The van der Waals surface area contributed by atoms with Crippen LogP contribution in [0.4, 0.5) is 4.39 Å². The van der Waals surface area contributed by atoms with Gasteiger partial charge < -0.3 is 0 Å². The zero-order valence-electron chi connectivity index (χ0n) is 12.3. The van der Waals surface area contributed by atoms with Gasteiger partial charge >= 0.3 is 0 Å². The van der Waals surface area contributed by atoms with E-state index < -0.39 is 0 Å². The van der Waals surface area contributed by atoms with Crippen LogP contribution >= 0.6 is 0 Å². The van der Waals surface area contributed by atoms with Crippen LogP contribution < -0.4 is 0 Å². The van der Waals surface area contributed by atoms with E-state index >= 15 is 0 Å². The van der Waals surface area contributed by atoms with E-state index in [1.807, 2.05) is 31.4 Å². The summed E-state index contributed by atoms with van der Waals surface area (Å²) in [5, 5.41) is 4.48. The molecule has 0 aliphatic heterocycles. The minimum absolute atomic E-state index is 0.373. The Morgan fingerprint density at radius 1 is 0.957 bits per heavy atom. The van der Waals surface area contributed by atoms with Gasteiger partial charge in [0.15, 0.2) is 0 Å². The summed E-state index contributed by atoms with van der Waals surface area (Å²) in [6, 6.07) is 8.67. The van der Waals surface area contributed by atoms with E-state index in [2.05, 4.69) is 20.1 Å². The molecule has 0 bridgehead atoms. The van der Waals surface area contributed by atoms with Crippen LogP contribution in [-0.4, -0.2) is 24.7 Å². The van der Waals surface area contributed by atoms with Gasteiger partial charge in [-0.1, -0.05) is 0 Å². The first-order valence-electron chi connectivity index (χ1n) is 7.08. The van der Waals surface area contributed by atoms with Gasteiger partial charge in [0, 0.05) is 36.8 Å². The van der Waals surface area contributed by atoms with Gasteiger partial charge in [-0.3, -0.25) is 19.6 Å². The Labute approximate surface area is 131 Å². The van der Waals surface area contributed by atoms with Crippen molar-refractivity contribution in [1.82, 2.24) is 24.7 Å². The van der Waals surface area contributed by atoms with Crippen LogP contribution in [0.5, 0.6) is 0 Å². The number of fused-ring (bicyclic) bond motifs is 1. The van der Waals surface area contributed by atoms with Crippen LogP contribution in [0.25, 0.3) is 33.5 Å². The third-order valence-electron chi connectivity index (χ3n) is 3.59. The van der Waals surface area contributed by atoms with Gasteiger partial charge in [-0.25, -0.2) is 4.39 Å². The van der Waals surface area contributed by atoms with E-state index in [9.17, 15) is 4.39 Å². The molecule has 0 fully saturated rings. The van der Waals surface area contributed by atoms with E-state index in [4.69, 9.17) is 0 Å². The largest absolute Gasteiger partial charge is 0.274 e. The van der Waals surface area contributed by atoms with Crippen molar-refractivity contribution in [3.63, 3.8) is 0 Å². The Bertz CT molecular complexity index is 986. The summed E-state index contributed by atoms with van der Waals surface area (Å²) in [6.07, 6.45) is 6.58. The van der Waals surface area contributed by atoms with Gasteiger partial charge in [0.25, 0.3) is 0 Å². The summed E-state index contributed by atoms with van der Waals surface area (Å²) in [7, 11) is 1.84. The van der Waals surface area contributed by atoms with E-state index in [1.54, 1.807) is 23.1 Å². The van der Waals surface area contributed by atoms with E-state index in [0.717, 1.165) is 22.2 Å². The molecule has 0 aliphatic rings. The fourth-order valence-corrected chi connectivity index (χ4v) is 2.59. The van der Waals surface area contributed by atoms with E-state index in [-0.39, 0.29) is 5.82 Å². The number of hydrogen-bond donors (Lipinski definition) is 0. The van der Waals surface area contributed by atoms with Gasteiger partial charge in [0.05, 0.1) is 22.9 Å². The minimum Gasteiger partial charge on any atom is -0.274 e. The molecule has 5 nitrogen and oxygen atoms in total. The molecule has 0 unspecified atom stereocenters. The monoisotopic (exact) mass is 305 g/mol. The maximum absolute atomic E-state index is 13.1. The summed E-state index contributed by atoms with van der Waals surface area (Å²) in [4.78, 5) is 12.9. The first kappa shape index (κ1) is 13.5. The molecule has 0 radical (unpaired) electrons. The number of aromatic nitrogens is 5. The molecule has 23 heavy (non-hydrogen) atoms. The molecule has 6 heteroatoms.